The Morgan fingerprint density at radius 2 is 1.90 bits per heavy atom. The summed E-state index contributed by atoms with van der Waals surface area (Å²) >= 11 is 1.01. The number of carbonyl (C=O) groups is 1. The molecule has 1 saturated heterocycles. The Morgan fingerprint density at radius 3 is 2.35 bits per heavy atom. The largest absolute Gasteiger partial charge is 0.477 e. The molecule has 0 spiro atoms. The molecule has 1 aromatic rings. The minimum atomic E-state index is -3.62. The first kappa shape index (κ1) is 15.5. The van der Waals surface area contributed by atoms with Gasteiger partial charge in [-0.1, -0.05) is 6.42 Å². The van der Waals surface area contributed by atoms with Crippen LogP contribution in [-0.2, 0) is 10.0 Å². The van der Waals surface area contributed by atoms with Crippen LogP contribution in [0.2, 0.25) is 0 Å². The molecule has 1 aliphatic rings. The van der Waals surface area contributed by atoms with E-state index in [1.165, 1.54) is 10.4 Å². The van der Waals surface area contributed by atoms with Gasteiger partial charge in [-0.15, -0.1) is 11.3 Å². The van der Waals surface area contributed by atoms with E-state index >= 15 is 0 Å². The number of carboxylic acids is 1. The highest BCUT2D eigenvalue weighted by Gasteiger charge is 2.37. The van der Waals surface area contributed by atoms with E-state index in [4.69, 9.17) is 5.11 Å². The van der Waals surface area contributed by atoms with Gasteiger partial charge in [-0.3, -0.25) is 0 Å². The number of hydrogen-bond donors (Lipinski definition) is 1. The maximum Gasteiger partial charge on any atom is 0.345 e. The molecule has 0 saturated carbocycles. The number of sulfonamides is 1. The lowest BCUT2D eigenvalue weighted by molar-refractivity contribution is 0.0702. The highest BCUT2D eigenvalue weighted by molar-refractivity contribution is 7.89. The average molecular weight is 317 g/mol. The lowest BCUT2D eigenvalue weighted by Gasteiger charge is -2.37. The minimum absolute atomic E-state index is 0.0451. The Balaban J connectivity index is 2.46. The Morgan fingerprint density at radius 1 is 1.35 bits per heavy atom. The Kier molecular flexibility index (Phi) is 4.22. The van der Waals surface area contributed by atoms with Gasteiger partial charge in [0, 0.05) is 17.0 Å². The molecule has 0 radical (unpaired) electrons. The minimum Gasteiger partial charge on any atom is -0.477 e. The molecule has 5 nitrogen and oxygen atoms in total. The maximum atomic E-state index is 12.8. The molecule has 2 atom stereocenters. The van der Waals surface area contributed by atoms with Crippen molar-refractivity contribution in [3.05, 3.63) is 15.8 Å². The third kappa shape index (κ3) is 2.62. The summed E-state index contributed by atoms with van der Waals surface area (Å²) in [6.07, 6.45) is 2.72. The van der Waals surface area contributed by atoms with Crippen LogP contribution in [0.15, 0.2) is 11.0 Å². The fourth-order valence-corrected chi connectivity index (χ4v) is 6.10. The fourth-order valence-electron chi connectivity index (χ4n) is 2.81. The quantitative estimate of drug-likeness (QED) is 0.930. The molecule has 1 fully saturated rings. The van der Waals surface area contributed by atoms with Crippen LogP contribution in [0.1, 0.15) is 47.7 Å². The summed E-state index contributed by atoms with van der Waals surface area (Å²) < 4.78 is 27.1. The predicted molar refractivity (Wildman–Crippen MR) is 77.8 cm³/mol. The molecule has 2 unspecified atom stereocenters. The zero-order valence-electron chi connectivity index (χ0n) is 11.8. The van der Waals surface area contributed by atoms with E-state index in [2.05, 4.69) is 0 Å². The van der Waals surface area contributed by atoms with Gasteiger partial charge in [0.05, 0.1) is 4.90 Å². The molecule has 20 heavy (non-hydrogen) atoms. The molecule has 0 aromatic carbocycles. The third-order valence-electron chi connectivity index (χ3n) is 3.75. The van der Waals surface area contributed by atoms with E-state index in [1.54, 1.807) is 6.92 Å². The maximum absolute atomic E-state index is 12.8. The van der Waals surface area contributed by atoms with Gasteiger partial charge in [0.15, 0.2) is 0 Å². The number of carboxylic acid groups (broad SMARTS) is 1. The van der Waals surface area contributed by atoms with E-state index < -0.39 is 16.0 Å². The second-order valence-corrected chi connectivity index (χ2v) is 8.37. The number of thiophene rings is 1. The molecule has 0 amide bonds. The van der Waals surface area contributed by atoms with E-state index in [0.717, 1.165) is 30.6 Å². The van der Waals surface area contributed by atoms with Crippen LogP contribution in [0.25, 0.3) is 0 Å². The van der Waals surface area contributed by atoms with Gasteiger partial charge < -0.3 is 5.11 Å². The summed E-state index contributed by atoms with van der Waals surface area (Å²) in [5, 5.41) is 9.00. The highest BCUT2D eigenvalue weighted by Crippen LogP contribution is 2.33. The summed E-state index contributed by atoms with van der Waals surface area (Å²) in [6.45, 7) is 5.48. The summed E-state index contributed by atoms with van der Waals surface area (Å²) in [6, 6.07) is 1.19. The third-order valence-corrected chi connectivity index (χ3v) is 7.17. The van der Waals surface area contributed by atoms with Crippen molar-refractivity contribution in [3.8, 4) is 0 Å². The molecule has 112 valence electrons. The smallest absolute Gasteiger partial charge is 0.345 e. The fraction of sp³-hybridized carbons (Fsp3) is 0.615. The molecule has 0 aliphatic carbocycles. The zero-order chi connectivity index (χ0) is 15.1. The lowest BCUT2D eigenvalue weighted by Crippen LogP contribution is -2.47. The van der Waals surface area contributed by atoms with Crippen molar-refractivity contribution < 1.29 is 18.3 Å². The molecule has 2 rings (SSSR count). The monoisotopic (exact) mass is 317 g/mol. The summed E-state index contributed by atoms with van der Waals surface area (Å²) in [5.74, 6) is -1.08. The first-order valence-electron chi connectivity index (χ1n) is 6.62. The molecule has 1 N–H and O–H groups in total. The zero-order valence-corrected chi connectivity index (χ0v) is 13.4. The Bertz CT molecular complexity index is 610. The number of aromatic carboxylic acids is 1. The van der Waals surface area contributed by atoms with E-state index in [1.807, 2.05) is 13.8 Å². The van der Waals surface area contributed by atoms with Crippen LogP contribution < -0.4 is 0 Å². The molecule has 0 bridgehead atoms. The number of nitrogens with zero attached hydrogens (tertiary/aromatic N) is 1. The Hall–Kier alpha value is -0.920. The van der Waals surface area contributed by atoms with Gasteiger partial charge in [0.25, 0.3) is 0 Å². The number of aryl methyl sites for hydroxylation is 1. The number of rotatable bonds is 3. The molecule has 2 heterocycles. The standard InChI is InChI=1S/C13H19NO4S2/c1-8-5-4-6-9(2)14(8)20(17,18)12-7-11(13(15)16)19-10(12)3/h7-9H,4-6H2,1-3H3,(H,15,16). The van der Waals surface area contributed by atoms with Crippen molar-refractivity contribution >= 4 is 27.3 Å². The van der Waals surface area contributed by atoms with E-state index in [0.29, 0.717) is 4.88 Å². The summed E-state index contributed by atoms with van der Waals surface area (Å²) in [4.78, 5) is 11.7. The molecule has 1 aromatic heterocycles. The predicted octanol–water partition coefficient (Wildman–Crippen LogP) is 2.71. The van der Waals surface area contributed by atoms with Crippen LogP contribution in [-0.4, -0.2) is 35.9 Å². The van der Waals surface area contributed by atoms with Crippen molar-refractivity contribution in [2.24, 2.45) is 0 Å². The van der Waals surface area contributed by atoms with E-state index in [9.17, 15) is 13.2 Å². The van der Waals surface area contributed by atoms with Crippen LogP contribution in [0, 0.1) is 6.92 Å². The topological polar surface area (TPSA) is 74.7 Å². The number of piperidine rings is 1. The summed E-state index contributed by atoms with van der Waals surface area (Å²) in [5.41, 5.74) is 0. The van der Waals surface area contributed by atoms with Crippen LogP contribution in [0.4, 0.5) is 0 Å². The van der Waals surface area contributed by atoms with Crippen molar-refractivity contribution in [2.45, 2.75) is 57.0 Å². The molecule has 1 aliphatic heterocycles. The van der Waals surface area contributed by atoms with Gasteiger partial charge in [-0.25, -0.2) is 13.2 Å². The lowest BCUT2D eigenvalue weighted by atomic mass is 10.0. The van der Waals surface area contributed by atoms with Gasteiger partial charge >= 0.3 is 5.97 Å². The van der Waals surface area contributed by atoms with Crippen LogP contribution in [0.3, 0.4) is 0 Å². The first-order chi connectivity index (χ1) is 9.25. The second kappa shape index (κ2) is 5.46. The molecule has 7 heteroatoms. The van der Waals surface area contributed by atoms with Crippen molar-refractivity contribution in [2.75, 3.05) is 0 Å². The summed E-state index contributed by atoms with van der Waals surface area (Å²) in [7, 11) is -3.62. The number of hydrogen-bond acceptors (Lipinski definition) is 4. The van der Waals surface area contributed by atoms with Gasteiger partial charge in [0.2, 0.25) is 10.0 Å². The first-order valence-corrected chi connectivity index (χ1v) is 8.88. The van der Waals surface area contributed by atoms with Crippen molar-refractivity contribution in [1.29, 1.82) is 0 Å². The highest BCUT2D eigenvalue weighted by atomic mass is 32.2. The van der Waals surface area contributed by atoms with Gasteiger partial charge in [0.1, 0.15) is 4.88 Å². The SMILES string of the molecule is Cc1sc(C(=O)O)cc1S(=O)(=O)N1C(C)CCCC1C. The molecular formula is C13H19NO4S2. The molecular weight excluding hydrogens is 298 g/mol. The Labute approximate surface area is 123 Å². The van der Waals surface area contributed by atoms with Crippen molar-refractivity contribution in [3.63, 3.8) is 0 Å². The second-order valence-electron chi connectivity index (χ2n) is 5.30. The van der Waals surface area contributed by atoms with Gasteiger partial charge in [-0.2, -0.15) is 4.31 Å². The van der Waals surface area contributed by atoms with E-state index in [-0.39, 0.29) is 21.9 Å². The van der Waals surface area contributed by atoms with Crippen LogP contribution in [0.5, 0.6) is 0 Å². The average Bonchev–Trinajstić information content (AvgIpc) is 2.71. The van der Waals surface area contributed by atoms with Crippen molar-refractivity contribution in [1.82, 2.24) is 4.31 Å². The van der Waals surface area contributed by atoms with Gasteiger partial charge in [-0.05, 0) is 39.7 Å². The normalized spacial score (nSPS) is 24.8. The van der Waals surface area contributed by atoms with Crippen LogP contribution >= 0.6 is 11.3 Å².